The molecule has 0 radical (unpaired) electrons. The van der Waals surface area contributed by atoms with Gasteiger partial charge in [-0.2, -0.15) is 4.98 Å². The van der Waals surface area contributed by atoms with Gasteiger partial charge in [-0.15, -0.1) is 0 Å². The van der Waals surface area contributed by atoms with Gasteiger partial charge in [0.25, 0.3) is 0 Å². The second-order valence-electron chi connectivity index (χ2n) is 7.69. The van der Waals surface area contributed by atoms with Crippen molar-refractivity contribution in [3.8, 4) is 0 Å². The molecule has 0 amide bonds. The summed E-state index contributed by atoms with van der Waals surface area (Å²) in [4.78, 5) is 12.3. The van der Waals surface area contributed by atoms with Gasteiger partial charge in [0.05, 0.1) is 6.54 Å². The van der Waals surface area contributed by atoms with E-state index < -0.39 is 0 Å². The average molecular weight is 319 g/mol. The van der Waals surface area contributed by atoms with Crippen LogP contribution < -0.4 is 0 Å². The van der Waals surface area contributed by atoms with E-state index in [2.05, 4.69) is 38.7 Å². The Morgan fingerprint density at radius 3 is 2.48 bits per heavy atom. The molecule has 4 rings (SSSR count). The Morgan fingerprint density at radius 2 is 1.87 bits per heavy atom. The van der Waals surface area contributed by atoms with Crippen molar-refractivity contribution in [1.82, 2.24) is 24.8 Å². The smallest absolute Gasteiger partial charge is 0.229 e. The normalized spacial score (nSPS) is 25.7. The highest BCUT2D eigenvalue weighted by atomic mass is 16.5. The molecule has 1 aliphatic carbocycles. The first-order chi connectivity index (χ1) is 11.2. The Labute approximate surface area is 138 Å². The van der Waals surface area contributed by atoms with Crippen molar-refractivity contribution in [1.29, 1.82) is 0 Å². The number of hydrogen-bond acceptors (Lipinski definition) is 6. The number of nitrogens with zero attached hydrogens (tertiary/aromatic N) is 5. The van der Waals surface area contributed by atoms with Gasteiger partial charge in [0.15, 0.2) is 5.82 Å². The van der Waals surface area contributed by atoms with Gasteiger partial charge in [0.1, 0.15) is 0 Å². The third-order valence-electron chi connectivity index (χ3n) is 5.84. The van der Waals surface area contributed by atoms with Crippen molar-refractivity contribution in [3.63, 3.8) is 0 Å². The highest BCUT2D eigenvalue weighted by molar-refractivity contribution is 4.99. The lowest BCUT2D eigenvalue weighted by Crippen LogP contribution is -2.63. The van der Waals surface area contributed by atoms with Crippen molar-refractivity contribution in [2.75, 3.05) is 39.3 Å². The van der Waals surface area contributed by atoms with Crippen LogP contribution in [0.15, 0.2) is 4.52 Å². The molecule has 6 heteroatoms. The molecule has 3 fully saturated rings. The molecular weight excluding hydrogens is 290 g/mol. The van der Waals surface area contributed by atoms with Crippen molar-refractivity contribution >= 4 is 0 Å². The summed E-state index contributed by atoms with van der Waals surface area (Å²) in [6.45, 7) is 12.6. The van der Waals surface area contributed by atoms with E-state index >= 15 is 0 Å². The minimum absolute atomic E-state index is 0.539. The predicted octanol–water partition coefficient (Wildman–Crippen LogP) is 1.55. The minimum Gasteiger partial charge on any atom is -0.339 e. The van der Waals surface area contributed by atoms with Crippen LogP contribution in [0.25, 0.3) is 0 Å². The van der Waals surface area contributed by atoms with Crippen LogP contribution in [0, 0.1) is 0 Å². The van der Waals surface area contributed by atoms with Gasteiger partial charge in [-0.3, -0.25) is 14.7 Å². The molecule has 0 N–H and O–H groups in total. The standard InChI is InChI=1S/C17H29N5O/c1-13(2)21-6-8-22(9-7-21)15-10-20(11-15)12-16-18-17(23-19-16)14-4-3-5-14/h13-15H,3-12H2,1-2H3. The Kier molecular flexibility index (Phi) is 4.39. The molecule has 6 nitrogen and oxygen atoms in total. The summed E-state index contributed by atoms with van der Waals surface area (Å²) in [6, 6.07) is 1.40. The molecule has 0 spiro atoms. The first-order valence-corrected chi connectivity index (χ1v) is 9.22. The lowest BCUT2D eigenvalue weighted by Gasteiger charge is -2.48. The van der Waals surface area contributed by atoms with Crippen LogP contribution in [0.4, 0.5) is 0 Å². The van der Waals surface area contributed by atoms with Gasteiger partial charge in [0, 0.05) is 57.3 Å². The van der Waals surface area contributed by atoms with Gasteiger partial charge in [-0.1, -0.05) is 11.6 Å². The fourth-order valence-electron chi connectivity index (χ4n) is 3.87. The van der Waals surface area contributed by atoms with Crippen LogP contribution in [-0.2, 0) is 6.54 Å². The van der Waals surface area contributed by atoms with Crippen molar-refractivity contribution in [2.24, 2.45) is 0 Å². The number of piperazine rings is 1. The lowest BCUT2D eigenvalue weighted by molar-refractivity contribution is -0.00537. The van der Waals surface area contributed by atoms with Gasteiger partial charge in [0.2, 0.25) is 5.89 Å². The number of likely N-dealkylation sites (tertiary alicyclic amines) is 1. The van der Waals surface area contributed by atoms with E-state index in [1.807, 2.05) is 0 Å². The summed E-state index contributed by atoms with van der Waals surface area (Å²) in [5.41, 5.74) is 0. The molecule has 0 aromatic carbocycles. The number of aromatic nitrogens is 2. The molecule has 0 unspecified atom stereocenters. The van der Waals surface area contributed by atoms with Gasteiger partial charge in [-0.05, 0) is 26.7 Å². The summed E-state index contributed by atoms with van der Waals surface area (Å²) in [6.07, 6.45) is 3.74. The highest BCUT2D eigenvalue weighted by Gasteiger charge is 2.34. The van der Waals surface area contributed by atoms with E-state index in [4.69, 9.17) is 4.52 Å². The van der Waals surface area contributed by atoms with Crippen LogP contribution in [-0.4, -0.2) is 76.2 Å². The Hall–Kier alpha value is -0.980. The molecule has 0 bridgehead atoms. The molecule has 23 heavy (non-hydrogen) atoms. The number of rotatable bonds is 5. The number of hydrogen-bond donors (Lipinski definition) is 0. The maximum absolute atomic E-state index is 5.41. The third-order valence-corrected chi connectivity index (χ3v) is 5.84. The van der Waals surface area contributed by atoms with E-state index in [-0.39, 0.29) is 0 Å². The monoisotopic (exact) mass is 319 g/mol. The fraction of sp³-hybridized carbons (Fsp3) is 0.882. The molecule has 128 valence electrons. The Balaban J connectivity index is 1.20. The van der Waals surface area contributed by atoms with E-state index in [9.17, 15) is 0 Å². The Morgan fingerprint density at radius 1 is 1.13 bits per heavy atom. The van der Waals surface area contributed by atoms with Crippen molar-refractivity contribution in [3.05, 3.63) is 11.7 Å². The Bertz CT molecular complexity index is 513. The van der Waals surface area contributed by atoms with E-state index in [0.29, 0.717) is 12.0 Å². The van der Waals surface area contributed by atoms with Crippen LogP contribution in [0.3, 0.4) is 0 Å². The molecule has 3 heterocycles. The zero-order chi connectivity index (χ0) is 15.8. The summed E-state index contributed by atoms with van der Waals surface area (Å²) < 4.78 is 5.41. The summed E-state index contributed by atoms with van der Waals surface area (Å²) >= 11 is 0. The fourth-order valence-corrected chi connectivity index (χ4v) is 3.87. The van der Waals surface area contributed by atoms with Gasteiger partial charge < -0.3 is 4.52 Å². The maximum atomic E-state index is 5.41. The zero-order valence-corrected chi connectivity index (χ0v) is 14.4. The minimum atomic E-state index is 0.539. The average Bonchev–Trinajstić information content (AvgIpc) is 2.89. The second kappa shape index (κ2) is 6.49. The third kappa shape index (κ3) is 3.30. The molecule has 0 atom stereocenters. The quantitative estimate of drug-likeness (QED) is 0.821. The largest absolute Gasteiger partial charge is 0.339 e. The molecule has 2 aliphatic heterocycles. The van der Waals surface area contributed by atoms with Crippen molar-refractivity contribution in [2.45, 2.75) is 57.7 Å². The maximum Gasteiger partial charge on any atom is 0.229 e. The van der Waals surface area contributed by atoms with E-state index in [1.54, 1.807) is 0 Å². The summed E-state index contributed by atoms with van der Waals surface area (Å²) in [7, 11) is 0. The van der Waals surface area contributed by atoms with Crippen LogP contribution in [0.5, 0.6) is 0 Å². The zero-order valence-electron chi connectivity index (χ0n) is 14.4. The molecule has 3 aliphatic rings. The predicted molar refractivity (Wildman–Crippen MR) is 88.2 cm³/mol. The molecular formula is C17H29N5O. The molecule has 2 saturated heterocycles. The highest BCUT2D eigenvalue weighted by Crippen LogP contribution is 2.35. The van der Waals surface area contributed by atoms with Crippen LogP contribution >= 0.6 is 0 Å². The van der Waals surface area contributed by atoms with E-state index in [0.717, 1.165) is 37.4 Å². The van der Waals surface area contributed by atoms with Gasteiger partial charge >= 0.3 is 0 Å². The topological polar surface area (TPSA) is 48.6 Å². The summed E-state index contributed by atoms with van der Waals surface area (Å²) in [5, 5.41) is 4.16. The first-order valence-electron chi connectivity index (χ1n) is 9.22. The molecule has 1 saturated carbocycles. The lowest BCUT2D eigenvalue weighted by atomic mass is 9.85. The first kappa shape index (κ1) is 15.5. The van der Waals surface area contributed by atoms with E-state index in [1.165, 1.54) is 45.4 Å². The van der Waals surface area contributed by atoms with Crippen molar-refractivity contribution < 1.29 is 4.52 Å². The SMILES string of the molecule is CC(C)N1CCN(C2CN(Cc3noc(C4CCC4)n3)C2)CC1. The van der Waals surface area contributed by atoms with Crippen LogP contribution in [0.1, 0.15) is 50.7 Å². The molecule has 1 aromatic rings. The van der Waals surface area contributed by atoms with Gasteiger partial charge in [-0.25, -0.2) is 0 Å². The summed E-state index contributed by atoms with van der Waals surface area (Å²) in [5.74, 6) is 2.28. The van der Waals surface area contributed by atoms with Crippen LogP contribution in [0.2, 0.25) is 0 Å². The molecule has 1 aromatic heterocycles. The second-order valence-corrected chi connectivity index (χ2v) is 7.69.